The van der Waals surface area contributed by atoms with Crippen molar-refractivity contribution < 1.29 is 9.59 Å². The summed E-state index contributed by atoms with van der Waals surface area (Å²) in [6, 6.07) is 8.93. The van der Waals surface area contributed by atoms with E-state index < -0.39 is 12.1 Å². The van der Waals surface area contributed by atoms with Gasteiger partial charge in [-0.05, 0) is 24.8 Å². The standard InChI is InChI=1S/C15H21N3O2/c1-18-10-9-13(15(18)20)17-14(19)12(16)8-7-11-5-3-2-4-6-11/h2-6,12-13H,7-10,16H2,1H3,(H,17,19)/t12-,13?/m0/s1. The maximum atomic E-state index is 12.0. The molecule has 5 nitrogen and oxygen atoms in total. The molecule has 1 unspecified atom stereocenters. The number of likely N-dealkylation sites (N-methyl/N-ethyl adjacent to an activating group) is 1. The number of aryl methyl sites for hydroxylation is 1. The molecule has 0 spiro atoms. The van der Waals surface area contributed by atoms with E-state index in [9.17, 15) is 9.59 Å². The van der Waals surface area contributed by atoms with Crippen LogP contribution >= 0.6 is 0 Å². The average molecular weight is 275 g/mol. The first-order valence-corrected chi connectivity index (χ1v) is 6.93. The Bertz CT molecular complexity index is 475. The number of nitrogens with zero attached hydrogens (tertiary/aromatic N) is 1. The van der Waals surface area contributed by atoms with Crippen LogP contribution in [-0.2, 0) is 16.0 Å². The molecule has 1 heterocycles. The van der Waals surface area contributed by atoms with Crippen molar-refractivity contribution in [1.82, 2.24) is 10.2 Å². The molecule has 2 amide bonds. The predicted molar refractivity (Wildman–Crippen MR) is 76.9 cm³/mol. The van der Waals surface area contributed by atoms with Crippen LogP contribution in [-0.4, -0.2) is 42.4 Å². The summed E-state index contributed by atoms with van der Waals surface area (Å²) < 4.78 is 0. The van der Waals surface area contributed by atoms with E-state index in [2.05, 4.69) is 5.32 Å². The second kappa shape index (κ2) is 6.52. The van der Waals surface area contributed by atoms with Gasteiger partial charge in [0.1, 0.15) is 6.04 Å². The first kappa shape index (κ1) is 14.5. The largest absolute Gasteiger partial charge is 0.344 e. The fourth-order valence-electron chi connectivity index (χ4n) is 2.33. The van der Waals surface area contributed by atoms with Crippen molar-refractivity contribution in [1.29, 1.82) is 0 Å². The fourth-order valence-corrected chi connectivity index (χ4v) is 2.33. The Morgan fingerprint density at radius 2 is 2.15 bits per heavy atom. The van der Waals surface area contributed by atoms with Crippen molar-refractivity contribution in [2.24, 2.45) is 5.73 Å². The zero-order valence-corrected chi connectivity index (χ0v) is 11.7. The van der Waals surface area contributed by atoms with E-state index in [4.69, 9.17) is 5.73 Å². The summed E-state index contributed by atoms with van der Waals surface area (Å²) in [4.78, 5) is 25.3. The number of hydrogen-bond acceptors (Lipinski definition) is 3. The molecule has 5 heteroatoms. The second-order valence-corrected chi connectivity index (χ2v) is 5.24. The van der Waals surface area contributed by atoms with Crippen molar-refractivity contribution in [3.63, 3.8) is 0 Å². The molecule has 1 aliphatic rings. The molecule has 20 heavy (non-hydrogen) atoms. The van der Waals surface area contributed by atoms with Gasteiger partial charge in [0.2, 0.25) is 11.8 Å². The maximum absolute atomic E-state index is 12.0. The molecule has 1 aromatic carbocycles. The lowest BCUT2D eigenvalue weighted by molar-refractivity contribution is -0.132. The Morgan fingerprint density at radius 3 is 2.75 bits per heavy atom. The number of carbonyl (C=O) groups excluding carboxylic acids is 2. The van der Waals surface area contributed by atoms with Crippen LogP contribution in [0.1, 0.15) is 18.4 Å². The summed E-state index contributed by atoms with van der Waals surface area (Å²) in [5.41, 5.74) is 7.05. The normalized spacial score (nSPS) is 20.0. The summed E-state index contributed by atoms with van der Waals surface area (Å²) in [6.45, 7) is 0.684. The summed E-state index contributed by atoms with van der Waals surface area (Å²) in [5.74, 6) is -0.275. The lowest BCUT2D eigenvalue weighted by Gasteiger charge is -2.16. The average Bonchev–Trinajstić information content (AvgIpc) is 2.78. The lowest BCUT2D eigenvalue weighted by atomic mass is 10.0. The van der Waals surface area contributed by atoms with Gasteiger partial charge >= 0.3 is 0 Å². The topological polar surface area (TPSA) is 75.4 Å². The van der Waals surface area contributed by atoms with Crippen molar-refractivity contribution >= 4 is 11.8 Å². The van der Waals surface area contributed by atoms with Crippen molar-refractivity contribution in [2.45, 2.75) is 31.3 Å². The van der Waals surface area contributed by atoms with Gasteiger partial charge in [-0.1, -0.05) is 30.3 Å². The monoisotopic (exact) mass is 275 g/mol. The Morgan fingerprint density at radius 1 is 1.45 bits per heavy atom. The molecule has 0 aromatic heterocycles. The number of nitrogens with two attached hydrogens (primary N) is 1. The van der Waals surface area contributed by atoms with Crippen LogP contribution in [0.15, 0.2) is 30.3 Å². The minimum absolute atomic E-state index is 0.0337. The minimum atomic E-state index is -0.575. The number of hydrogen-bond donors (Lipinski definition) is 2. The summed E-state index contributed by atoms with van der Waals surface area (Å²) in [5, 5.41) is 2.74. The van der Waals surface area contributed by atoms with E-state index in [1.807, 2.05) is 30.3 Å². The first-order valence-electron chi connectivity index (χ1n) is 6.93. The summed E-state index contributed by atoms with van der Waals surface area (Å²) >= 11 is 0. The Balaban J connectivity index is 1.79. The fraction of sp³-hybridized carbons (Fsp3) is 0.467. The second-order valence-electron chi connectivity index (χ2n) is 5.24. The molecular formula is C15H21N3O2. The number of likely N-dealkylation sites (tertiary alicyclic amines) is 1. The van der Waals surface area contributed by atoms with E-state index in [0.717, 1.165) is 12.0 Å². The van der Waals surface area contributed by atoms with Crippen LogP contribution in [0.4, 0.5) is 0 Å². The molecule has 1 aliphatic heterocycles. The van der Waals surface area contributed by atoms with Crippen LogP contribution in [0.25, 0.3) is 0 Å². The van der Waals surface area contributed by atoms with Crippen molar-refractivity contribution in [2.75, 3.05) is 13.6 Å². The van der Waals surface area contributed by atoms with Gasteiger partial charge in [0.25, 0.3) is 0 Å². The Labute approximate surface area is 119 Å². The minimum Gasteiger partial charge on any atom is -0.344 e. The number of amides is 2. The molecule has 0 saturated carbocycles. The predicted octanol–water partition coefficient (Wildman–Crippen LogP) is 0.293. The zero-order valence-electron chi connectivity index (χ0n) is 11.7. The Hall–Kier alpha value is -1.88. The highest BCUT2D eigenvalue weighted by Gasteiger charge is 2.31. The summed E-state index contributed by atoms with van der Waals surface area (Å²) in [6.07, 6.45) is 1.99. The SMILES string of the molecule is CN1CCC(NC(=O)[C@@H](N)CCc2ccccc2)C1=O. The Kier molecular flexibility index (Phi) is 4.74. The van der Waals surface area contributed by atoms with Crippen molar-refractivity contribution in [3.05, 3.63) is 35.9 Å². The van der Waals surface area contributed by atoms with Gasteiger partial charge in [0.05, 0.1) is 6.04 Å². The van der Waals surface area contributed by atoms with Gasteiger partial charge in [0, 0.05) is 13.6 Å². The van der Waals surface area contributed by atoms with Gasteiger partial charge < -0.3 is 16.0 Å². The first-order chi connectivity index (χ1) is 9.58. The molecule has 0 radical (unpaired) electrons. The third kappa shape index (κ3) is 3.57. The zero-order chi connectivity index (χ0) is 14.5. The van der Waals surface area contributed by atoms with E-state index in [1.165, 1.54) is 0 Å². The molecular weight excluding hydrogens is 254 g/mol. The van der Waals surface area contributed by atoms with Crippen LogP contribution in [0.3, 0.4) is 0 Å². The quantitative estimate of drug-likeness (QED) is 0.811. The molecule has 108 valence electrons. The van der Waals surface area contributed by atoms with Gasteiger partial charge in [-0.15, -0.1) is 0 Å². The van der Waals surface area contributed by atoms with Crippen LogP contribution in [0.5, 0.6) is 0 Å². The molecule has 1 saturated heterocycles. The van der Waals surface area contributed by atoms with Crippen LogP contribution in [0.2, 0.25) is 0 Å². The molecule has 0 aliphatic carbocycles. The van der Waals surface area contributed by atoms with Crippen molar-refractivity contribution in [3.8, 4) is 0 Å². The van der Waals surface area contributed by atoms with Gasteiger partial charge in [-0.25, -0.2) is 0 Å². The highest BCUT2D eigenvalue weighted by molar-refractivity contribution is 5.90. The van der Waals surface area contributed by atoms with Crippen LogP contribution < -0.4 is 11.1 Å². The maximum Gasteiger partial charge on any atom is 0.244 e. The third-order valence-electron chi connectivity index (χ3n) is 3.67. The van der Waals surface area contributed by atoms with Gasteiger partial charge in [-0.3, -0.25) is 9.59 Å². The van der Waals surface area contributed by atoms with Gasteiger partial charge in [-0.2, -0.15) is 0 Å². The molecule has 2 atom stereocenters. The molecule has 0 bridgehead atoms. The molecule has 3 N–H and O–H groups in total. The number of nitrogens with one attached hydrogen (secondary N) is 1. The highest BCUT2D eigenvalue weighted by atomic mass is 16.2. The van der Waals surface area contributed by atoms with Crippen LogP contribution in [0, 0.1) is 0 Å². The van der Waals surface area contributed by atoms with E-state index in [1.54, 1.807) is 11.9 Å². The highest BCUT2D eigenvalue weighted by Crippen LogP contribution is 2.09. The number of rotatable bonds is 5. The lowest BCUT2D eigenvalue weighted by Crippen LogP contribution is -2.48. The van der Waals surface area contributed by atoms with E-state index in [0.29, 0.717) is 19.4 Å². The van der Waals surface area contributed by atoms with E-state index >= 15 is 0 Å². The summed E-state index contributed by atoms with van der Waals surface area (Å²) in [7, 11) is 1.74. The number of carbonyl (C=O) groups is 2. The molecule has 2 rings (SSSR count). The smallest absolute Gasteiger partial charge is 0.244 e. The number of benzene rings is 1. The van der Waals surface area contributed by atoms with E-state index in [-0.39, 0.29) is 11.8 Å². The molecule has 1 aromatic rings. The van der Waals surface area contributed by atoms with Gasteiger partial charge in [0.15, 0.2) is 0 Å². The molecule has 1 fully saturated rings. The third-order valence-corrected chi connectivity index (χ3v) is 3.67.